The molecule has 44 heavy (non-hydrogen) atoms. The SMILES string of the molecule is CC[C@@H]1CC(N(Cc2cc(F)cc(C(F)(F)F)c2)c2ncc(-c3cnn(C)c3)cn2)C[C@H](CC)N1C(=O)OC1CCCCC1. The molecule has 0 spiro atoms. The molecule has 2 aliphatic rings. The zero-order valence-electron chi connectivity index (χ0n) is 25.4. The van der Waals surface area contributed by atoms with Gasteiger partial charge in [0.2, 0.25) is 5.95 Å². The van der Waals surface area contributed by atoms with Crippen molar-refractivity contribution in [2.45, 2.75) is 109 Å². The van der Waals surface area contributed by atoms with Gasteiger partial charge in [-0.05, 0) is 75.1 Å². The first kappa shape index (κ1) is 31.7. The van der Waals surface area contributed by atoms with Gasteiger partial charge in [0.15, 0.2) is 0 Å². The van der Waals surface area contributed by atoms with Gasteiger partial charge in [-0.15, -0.1) is 0 Å². The number of likely N-dealkylation sites (tertiary alicyclic amines) is 1. The summed E-state index contributed by atoms with van der Waals surface area (Å²) in [5.41, 5.74) is 0.688. The molecule has 3 heterocycles. The maximum absolute atomic E-state index is 14.4. The lowest BCUT2D eigenvalue weighted by Gasteiger charge is -2.47. The number of halogens is 4. The molecule has 0 N–H and O–H groups in total. The Hall–Kier alpha value is -3.70. The number of anilines is 1. The van der Waals surface area contributed by atoms with Crippen LogP contribution in [0.5, 0.6) is 0 Å². The highest BCUT2D eigenvalue weighted by atomic mass is 19.4. The van der Waals surface area contributed by atoms with Crippen LogP contribution in [0.25, 0.3) is 11.1 Å². The number of nitrogens with zero attached hydrogens (tertiary/aromatic N) is 6. The van der Waals surface area contributed by atoms with Crippen LogP contribution in [0.1, 0.15) is 82.8 Å². The smallest absolute Gasteiger partial charge is 0.416 e. The Kier molecular flexibility index (Phi) is 9.75. The van der Waals surface area contributed by atoms with Gasteiger partial charge in [0.25, 0.3) is 0 Å². The highest BCUT2D eigenvalue weighted by molar-refractivity contribution is 5.69. The van der Waals surface area contributed by atoms with Crippen LogP contribution < -0.4 is 4.90 Å². The monoisotopic (exact) mass is 616 g/mol. The average molecular weight is 617 g/mol. The number of ether oxygens (including phenoxy) is 1. The Morgan fingerprint density at radius 1 is 0.977 bits per heavy atom. The minimum Gasteiger partial charge on any atom is -0.446 e. The Labute approximate surface area is 255 Å². The van der Waals surface area contributed by atoms with Crippen LogP contribution in [0.3, 0.4) is 0 Å². The molecule has 12 heteroatoms. The minimum atomic E-state index is -4.69. The highest BCUT2D eigenvalue weighted by Gasteiger charge is 2.41. The molecule has 1 aliphatic carbocycles. The maximum Gasteiger partial charge on any atom is 0.416 e. The number of benzene rings is 1. The molecular formula is C32H40F4N6O2. The molecule has 1 unspecified atom stereocenters. The Bertz CT molecular complexity index is 1390. The normalized spacial score (nSPS) is 21.3. The molecule has 0 bridgehead atoms. The van der Waals surface area contributed by atoms with E-state index in [9.17, 15) is 22.4 Å². The highest BCUT2D eigenvalue weighted by Crippen LogP contribution is 2.36. The van der Waals surface area contributed by atoms with E-state index < -0.39 is 17.6 Å². The van der Waals surface area contributed by atoms with E-state index in [4.69, 9.17) is 4.74 Å². The lowest BCUT2D eigenvalue weighted by atomic mass is 9.87. The van der Waals surface area contributed by atoms with Gasteiger partial charge in [-0.1, -0.05) is 20.3 Å². The molecule has 1 saturated carbocycles. The summed E-state index contributed by atoms with van der Waals surface area (Å²) in [6.45, 7) is 4.01. The van der Waals surface area contributed by atoms with Crippen molar-refractivity contribution in [3.8, 4) is 11.1 Å². The van der Waals surface area contributed by atoms with E-state index >= 15 is 0 Å². The fourth-order valence-electron chi connectivity index (χ4n) is 6.57. The first-order chi connectivity index (χ1) is 21.0. The number of alkyl halides is 3. The Morgan fingerprint density at radius 2 is 1.64 bits per heavy atom. The summed E-state index contributed by atoms with van der Waals surface area (Å²) in [6.07, 6.45) is 9.27. The number of hydrogen-bond acceptors (Lipinski definition) is 6. The molecule has 8 nitrogen and oxygen atoms in total. The summed E-state index contributed by atoms with van der Waals surface area (Å²) in [6, 6.07) is 2.09. The first-order valence-corrected chi connectivity index (χ1v) is 15.5. The third kappa shape index (κ3) is 7.32. The first-order valence-electron chi connectivity index (χ1n) is 15.5. The predicted molar refractivity (Wildman–Crippen MR) is 158 cm³/mol. The third-order valence-electron chi connectivity index (χ3n) is 8.86. The molecule has 3 atom stereocenters. The van der Waals surface area contributed by atoms with E-state index in [1.807, 2.05) is 29.8 Å². The van der Waals surface area contributed by atoms with E-state index in [0.717, 1.165) is 55.4 Å². The summed E-state index contributed by atoms with van der Waals surface area (Å²) in [4.78, 5) is 26.5. The fourth-order valence-corrected chi connectivity index (χ4v) is 6.57. The van der Waals surface area contributed by atoms with E-state index in [-0.39, 0.29) is 42.4 Å². The molecule has 0 radical (unpaired) electrons. The zero-order valence-corrected chi connectivity index (χ0v) is 25.4. The van der Waals surface area contributed by atoms with Crippen molar-refractivity contribution in [3.05, 3.63) is 59.9 Å². The van der Waals surface area contributed by atoms with E-state index in [0.29, 0.717) is 37.7 Å². The quantitative estimate of drug-likeness (QED) is 0.244. The number of amides is 1. The molecular weight excluding hydrogens is 576 g/mol. The molecule has 1 amide bonds. The molecule has 2 fully saturated rings. The standard InChI is InChI=1S/C32H40F4N6O2/c1-4-26-14-28(15-27(5-2)42(26)31(43)44-29-9-7-6-8-10-29)41(19-21-11-24(32(34,35)36)13-25(33)12-21)30-37-16-22(17-38-30)23-18-39-40(3)20-23/h11-13,16-18,20,26-29H,4-10,14-15,19H2,1-3H3/t26-,27+,28?. The van der Waals surface area contributed by atoms with Gasteiger partial charge in [-0.2, -0.15) is 18.3 Å². The van der Waals surface area contributed by atoms with Crippen molar-refractivity contribution >= 4 is 12.0 Å². The Balaban J connectivity index is 1.45. The summed E-state index contributed by atoms with van der Waals surface area (Å²) in [7, 11) is 1.81. The summed E-state index contributed by atoms with van der Waals surface area (Å²) >= 11 is 0. The largest absolute Gasteiger partial charge is 0.446 e. The van der Waals surface area contributed by atoms with Crippen molar-refractivity contribution in [1.29, 1.82) is 0 Å². The molecule has 1 aliphatic heterocycles. The number of rotatable bonds is 8. The second-order valence-corrected chi connectivity index (χ2v) is 11.9. The van der Waals surface area contributed by atoms with E-state index in [2.05, 4.69) is 15.1 Å². The minimum absolute atomic E-state index is 0.0306. The number of aryl methyl sites for hydroxylation is 1. The summed E-state index contributed by atoms with van der Waals surface area (Å²) < 4.78 is 62.9. The van der Waals surface area contributed by atoms with Crippen molar-refractivity contribution < 1.29 is 27.1 Å². The fraction of sp³-hybridized carbons (Fsp3) is 0.562. The van der Waals surface area contributed by atoms with Crippen molar-refractivity contribution in [2.24, 2.45) is 7.05 Å². The van der Waals surface area contributed by atoms with Crippen LogP contribution in [0.4, 0.5) is 28.3 Å². The van der Waals surface area contributed by atoms with Crippen molar-refractivity contribution in [1.82, 2.24) is 24.6 Å². The molecule has 1 saturated heterocycles. The van der Waals surface area contributed by atoms with E-state index in [1.165, 1.54) is 0 Å². The van der Waals surface area contributed by atoms with E-state index in [1.54, 1.807) is 30.3 Å². The van der Waals surface area contributed by atoms with Crippen LogP contribution in [-0.2, 0) is 24.5 Å². The van der Waals surface area contributed by atoms with Gasteiger partial charge >= 0.3 is 12.3 Å². The molecule has 2 aromatic heterocycles. The lowest BCUT2D eigenvalue weighted by Crippen LogP contribution is -2.57. The summed E-state index contributed by atoms with van der Waals surface area (Å²) in [5.74, 6) is -0.635. The molecule has 5 rings (SSSR count). The molecule has 238 valence electrons. The zero-order chi connectivity index (χ0) is 31.4. The number of carbonyl (C=O) groups is 1. The van der Waals surface area contributed by atoms with Crippen molar-refractivity contribution in [3.63, 3.8) is 0 Å². The van der Waals surface area contributed by atoms with Gasteiger partial charge < -0.3 is 14.5 Å². The van der Waals surface area contributed by atoms with Gasteiger partial charge in [0.1, 0.15) is 11.9 Å². The number of piperidine rings is 1. The molecule has 3 aromatic rings. The predicted octanol–water partition coefficient (Wildman–Crippen LogP) is 7.53. The second kappa shape index (κ2) is 13.5. The van der Waals surface area contributed by atoms with Gasteiger partial charge in [-0.3, -0.25) is 4.68 Å². The van der Waals surface area contributed by atoms with Crippen LogP contribution in [-0.4, -0.2) is 55.0 Å². The van der Waals surface area contributed by atoms with Gasteiger partial charge in [0, 0.05) is 61.4 Å². The number of aromatic nitrogens is 4. The number of hydrogen-bond donors (Lipinski definition) is 0. The number of carbonyl (C=O) groups excluding carboxylic acids is 1. The van der Waals surface area contributed by atoms with Gasteiger partial charge in [0.05, 0.1) is 11.8 Å². The lowest BCUT2D eigenvalue weighted by molar-refractivity contribution is -0.137. The van der Waals surface area contributed by atoms with Crippen LogP contribution >= 0.6 is 0 Å². The van der Waals surface area contributed by atoms with Crippen molar-refractivity contribution in [2.75, 3.05) is 4.90 Å². The Morgan fingerprint density at radius 3 is 2.20 bits per heavy atom. The van der Waals surface area contributed by atoms with Crippen LogP contribution in [0.2, 0.25) is 0 Å². The molecule has 1 aromatic carbocycles. The van der Waals surface area contributed by atoms with Gasteiger partial charge in [-0.25, -0.2) is 19.2 Å². The summed E-state index contributed by atoms with van der Waals surface area (Å²) in [5, 5.41) is 4.19. The van der Waals surface area contributed by atoms with Crippen LogP contribution in [0.15, 0.2) is 43.0 Å². The maximum atomic E-state index is 14.4. The topological polar surface area (TPSA) is 76.4 Å². The third-order valence-corrected chi connectivity index (χ3v) is 8.86. The van der Waals surface area contributed by atoms with Crippen LogP contribution in [0, 0.1) is 5.82 Å². The average Bonchev–Trinajstić information content (AvgIpc) is 3.45. The second-order valence-electron chi connectivity index (χ2n) is 11.9.